The van der Waals surface area contributed by atoms with Gasteiger partial charge in [0.15, 0.2) is 0 Å². The normalized spacial score (nSPS) is 13.8. The molecule has 0 aromatic heterocycles. The molecule has 0 aliphatic rings. The molecular weight excluding hydrogens is 372 g/mol. The van der Waals surface area contributed by atoms with Crippen molar-refractivity contribution in [2.24, 2.45) is 28.9 Å². The maximum absolute atomic E-state index is 11.4. The number of hydrogen-bond acceptors (Lipinski definition) is 10. The van der Waals surface area contributed by atoms with E-state index in [1.165, 1.54) is 7.11 Å². The van der Waals surface area contributed by atoms with Crippen LogP contribution in [0.5, 0.6) is 0 Å². The van der Waals surface area contributed by atoms with Crippen LogP contribution in [0.1, 0.15) is 39.5 Å². The molecule has 9 nitrogen and oxygen atoms in total. The molecule has 27 heavy (non-hydrogen) atoms. The summed E-state index contributed by atoms with van der Waals surface area (Å²) in [7, 11) is 1.32. The van der Waals surface area contributed by atoms with E-state index in [1.54, 1.807) is 11.8 Å². The molecule has 0 saturated carbocycles. The first kappa shape index (κ1) is 28.0. The summed E-state index contributed by atoms with van der Waals surface area (Å²) in [6, 6.07) is -2.02. The van der Waals surface area contributed by atoms with Crippen LogP contribution in [-0.4, -0.2) is 61.7 Å². The third-order valence-electron chi connectivity index (χ3n) is 3.39. The lowest BCUT2D eigenvalue weighted by atomic mass is 10.1. The third-order valence-corrected chi connectivity index (χ3v) is 4.03. The minimum atomic E-state index is -0.758. The maximum Gasteiger partial charge on any atom is 0.330 e. The van der Waals surface area contributed by atoms with Gasteiger partial charge in [-0.1, -0.05) is 13.8 Å². The van der Waals surface area contributed by atoms with Crippen molar-refractivity contribution in [3.63, 3.8) is 0 Å². The number of thioether (sulfide) groups is 1. The number of esters is 3. The lowest BCUT2D eigenvalue weighted by Crippen LogP contribution is -2.40. The molecule has 10 heteroatoms. The molecule has 0 aromatic carbocycles. The van der Waals surface area contributed by atoms with Gasteiger partial charge in [-0.3, -0.25) is 4.79 Å². The van der Waals surface area contributed by atoms with Crippen molar-refractivity contribution >= 4 is 29.7 Å². The maximum atomic E-state index is 11.4. The number of ether oxygens (including phenoxy) is 2. The monoisotopic (exact) mass is 408 g/mol. The Kier molecular flexibility index (Phi) is 17.6. The highest BCUT2D eigenvalue weighted by atomic mass is 32.2. The van der Waals surface area contributed by atoms with Crippen LogP contribution in [0.3, 0.4) is 0 Å². The quantitative estimate of drug-likeness (QED) is 0.263. The van der Waals surface area contributed by atoms with Crippen LogP contribution in [-0.2, 0) is 23.9 Å². The molecule has 0 bridgehead atoms. The third kappa shape index (κ3) is 15.5. The van der Waals surface area contributed by atoms with Gasteiger partial charge >= 0.3 is 17.9 Å². The second kappa shape index (κ2) is 16.9. The van der Waals surface area contributed by atoms with Gasteiger partial charge in [-0.05, 0) is 50.2 Å². The topological polar surface area (TPSA) is 174 Å². The van der Waals surface area contributed by atoms with Gasteiger partial charge in [0.05, 0.1) is 7.11 Å². The molecule has 8 N–H and O–H groups in total. The number of nitrogens with two attached hydrogens (primary N) is 4. The van der Waals surface area contributed by atoms with Crippen LogP contribution >= 0.6 is 11.8 Å². The Balaban J connectivity index is 0. The Morgan fingerprint density at radius 2 is 1.44 bits per heavy atom. The van der Waals surface area contributed by atoms with E-state index in [2.05, 4.69) is 9.47 Å². The highest BCUT2D eigenvalue weighted by molar-refractivity contribution is 7.98. The second-order valence-corrected chi connectivity index (χ2v) is 7.41. The van der Waals surface area contributed by atoms with Crippen molar-refractivity contribution in [2.75, 3.05) is 25.7 Å². The standard InChI is InChI=1S/C11H22N2O3S.C6H14N2O2/c1-7(2)6-9(13)11(15)16-10(14)8(12)4-5-17-3;1-10-6(9)5(8)3-2-4-7/h7-9H,4-6,12-13H2,1-3H3;5H,2-4,7-8H2,1H3/t8-,9-;5-/m00/s1. The molecular formula is C17H36N4O5S. The van der Waals surface area contributed by atoms with Crippen molar-refractivity contribution in [2.45, 2.75) is 57.7 Å². The first-order chi connectivity index (χ1) is 12.6. The van der Waals surface area contributed by atoms with E-state index in [1.807, 2.05) is 20.1 Å². The smallest absolute Gasteiger partial charge is 0.330 e. The van der Waals surface area contributed by atoms with Crippen LogP contribution in [0.4, 0.5) is 0 Å². The summed E-state index contributed by atoms with van der Waals surface area (Å²) >= 11 is 1.58. The van der Waals surface area contributed by atoms with Gasteiger partial charge in [-0.15, -0.1) is 0 Å². The molecule has 0 aromatic rings. The summed E-state index contributed by atoms with van der Waals surface area (Å²) < 4.78 is 9.04. The lowest BCUT2D eigenvalue weighted by molar-refractivity contribution is -0.161. The van der Waals surface area contributed by atoms with Crippen molar-refractivity contribution < 1.29 is 23.9 Å². The van der Waals surface area contributed by atoms with E-state index in [0.29, 0.717) is 25.8 Å². The zero-order valence-electron chi connectivity index (χ0n) is 16.8. The number of carbonyl (C=O) groups excluding carboxylic acids is 3. The molecule has 160 valence electrons. The van der Waals surface area contributed by atoms with Gasteiger partial charge in [0.25, 0.3) is 0 Å². The molecule has 0 aliphatic carbocycles. The van der Waals surface area contributed by atoms with Gasteiger partial charge in [0.1, 0.15) is 18.1 Å². The summed E-state index contributed by atoms with van der Waals surface area (Å²) in [6.07, 6.45) is 4.26. The summed E-state index contributed by atoms with van der Waals surface area (Å²) in [6.45, 7) is 4.45. The Morgan fingerprint density at radius 1 is 0.926 bits per heavy atom. The summed E-state index contributed by atoms with van der Waals surface area (Å²) in [5, 5.41) is 0. The van der Waals surface area contributed by atoms with Gasteiger partial charge in [0, 0.05) is 0 Å². The SMILES string of the molecule is COC(=O)[C@@H](N)CCCN.CSCC[C@H](N)C(=O)OC(=O)[C@@H](N)CC(C)C. The molecule has 3 atom stereocenters. The summed E-state index contributed by atoms with van der Waals surface area (Å²) in [5.41, 5.74) is 21.8. The van der Waals surface area contributed by atoms with E-state index in [0.717, 1.165) is 12.2 Å². The van der Waals surface area contributed by atoms with E-state index in [-0.39, 0.29) is 11.9 Å². The Labute approximate surface area is 166 Å². The number of carbonyl (C=O) groups is 3. The van der Waals surface area contributed by atoms with Crippen molar-refractivity contribution in [1.29, 1.82) is 0 Å². The van der Waals surface area contributed by atoms with E-state index < -0.39 is 30.1 Å². The zero-order chi connectivity index (χ0) is 21.4. The molecule has 0 aliphatic heterocycles. The molecule has 0 rings (SSSR count). The van der Waals surface area contributed by atoms with Crippen LogP contribution < -0.4 is 22.9 Å². The first-order valence-electron chi connectivity index (χ1n) is 8.89. The highest BCUT2D eigenvalue weighted by Crippen LogP contribution is 2.06. The van der Waals surface area contributed by atoms with Gasteiger partial charge in [0.2, 0.25) is 0 Å². The molecule has 0 unspecified atom stereocenters. The highest BCUT2D eigenvalue weighted by Gasteiger charge is 2.23. The van der Waals surface area contributed by atoms with Crippen molar-refractivity contribution in [1.82, 2.24) is 0 Å². The largest absolute Gasteiger partial charge is 0.468 e. The number of methoxy groups -OCH3 is 1. The Hall–Kier alpha value is -1.20. The van der Waals surface area contributed by atoms with Gasteiger partial charge < -0.3 is 32.4 Å². The van der Waals surface area contributed by atoms with Crippen LogP contribution in [0.2, 0.25) is 0 Å². The lowest BCUT2D eigenvalue weighted by Gasteiger charge is -2.14. The minimum absolute atomic E-state index is 0.276. The summed E-state index contributed by atoms with van der Waals surface area (Å²) in [5.74, 6) is -0.722. The first-order valence-corrected chi connectivity index (χ1v) is 10.3. The zero-order valence-corrected chi connectivity index (χ0v) is 17.6. The predicted molar refractivity (Wildman–Crippen MR) is 108 cm³/mol. The van der Waals surface area contributed by atoms with Gasteiger partial charge in [-0.25, -0.2) is 9.59 Å². The average molecular weight is 409 g/mol. The fourth-order valence-electron chi connectivity index (χ4n) is 1.82. The van der Waals surface area contributed by atoms with E-state index >= 15 is 0 Å². The molecule has 0 saturated heterocycles. The van der Waals surface area contributed by atoms with Crippen molar-refractivity contribution in [3.05, 3.63) is 0 Å². The second-order valence-electron chi connectivity index (χ2n) is 6.42. The van der Waals surface area contributed by atoms with E-state index in [9.17, 15) is 14.4 Å². The fraction of sp³-hybridized carbons (Fsp3) is 0.824. The van der Waals surface area contributed by atoms with E-state index in [4.69, 9.17) is 22.9 Å². The van der Waals surface area contributed by atoms with Crippen LogP contribution in [0.15, 0.2) is 0 Å². The number of hydrogen-bond donors (Lipinski definition) is 4. The molecule has 0 heterocycles. The molecule has 0 fully saturated rings. The van der Waals surface area contributed by atoms with Crippen LogP contribution in [0, 0.1) is 5.92 Å². The fourth-order valence-corrected chi connectivity index (χ4v) is 2.31. The Bertz CT molecular complexity index is 438. The van der Waals surface area contributed by atoms with Crippen molar-refractivity contribution in [3.8, 4) is 0 Å². The average Bonchev–Trinajstić information content (AvgIpc) is 2.62. The summed E-state index contributed by atoms with van der Waals surface area (Å²) in [4.78, 5) is 33.5. The molecule has 0 radical (unpaired) electrons. The van der Waals surface area contributed by atoms with Crippen LogP contribution in [0.25, 0.3) is 0 Å². The molecule has 0 amide bonds. The molecule has 0 spiro atoms. The predicted octanol–water partition coefficient (Wildman–Crippen LogP) is -0.264. The Morgan fingerprint density at radius 3 is 1.89 bits per heavy atom. The van der Waals surface area contributed by atoms with Gasteiger partial charge in [-0.2, -0.15) is 11.8 Å². The number of rotatable bonds is 11. The minimum Gasteiger partial charge on any atom is -0.468 e.